The maximum atomic E-state index is 13.6. The Labute approximate surface area is 145 Å². The van der Waals surface area contributed by atoms with Crippen molar-refractivity contribution in [2.24, 2.45) is 5.92 Å². The predicted molar refractivity (Wildman–Crippen MR) is 80.4 cm³/mol. The minimum absolute atomic E-state index is 0.0541. The number of benzene rings is 1. The lowest BCUT2D eigenvalue weighted by Gasteiger charge is -2.13. The third kappa shape index (κ3) is 5.30. The van der Waals surface area contributed by atoms with E-state index in [2.05, 4.69) is 10.6 Å². The Kier molecular flexibility index (Phi) is 5.89. The third-order valence-electron chi connectivity index (χ3n) is 3.92. The second kappa shape index (κ2) is 7.57. The first-order valence-electron chi connectivity index (χ1n) is 7.36. The third-order valence-corrected chi connectivity index (χ3v) is 4.21. The van der Waals surface area contributed by atoms with Crippen molar-refractivity contribution < 1.29 is 32.3 Å². The zero-order chi connectivity index (χ0) is 18.8. The highest BCUT2D eigenvalue weighted by Gasteiger charge is 2.47. The average molecular weight is 383 g/mol. The predicted octanol–water partition coefficient (Wildman–Crippen LogP) is 2.48. The van der Waals surface area contributed by atoms with Crippen molar-refractivity contribution in [3.8, 4) is 0 Å². The number of piperidine rings is 1. The van der Waals surface area contributed by atoms with Gasteiger partial charge in [-0.2, -0.15) is 13.2 Å². The van der Waals surface area contributed by atoms with Crippen molar-refractivity contribution in [1.82, 2.24) is 10.6 Å². The molecule has 3 rings (SSSR count). The molecule has 1 amide bonds. The molecule has 0 bridgehead atoms. The molecule has 1 aliphatic carbocycles. The maximum Gasteiger partial charge on any atom is 0.490 e. The number of aliphatic carboxylic acids is 1. The van der Waals surface area contributed by atoms with Crippen LogP contribution in [0.5, 0.6) is 0 Å². The van der Waals surface area contributed by atoms with E-state index in [-0.39, 0.29) is 23.5 Å². The average Bonchev–Trinajstić information content (AvgIpc) is 3.14. The number of rotatable bonds is 3. The lowest BCUT2D eigenvalue weighted by molar-refractivity contribution is -0.192. The normalized spacial score (nSPS) is 24.0. The van der Waals surface area contributed by atoms with Crippen LogP contribution in [0.2, 0.25) is 5.02 Å². The number of fused-ring (bicyclic) bond motifs is 1. The number of amides is 1. The van der Waals surface area contributed by atoms with Crippen LogP contribution in [0.15, 0.2) is 18.2 Å². The van der Waals surface area contributed by atoms with Crippen LogP contribution in [0.1, 0.15) is 18.4 Å². The minimum atomic E-state index is -5.08. The van der Waals surface area contributed by atoms with Crippen molar-refractivity contribution in [3.05, 3.63) is 34.6 Å². The molecule has 25 heavy (non-hydrogen) atoms. The Balaban J connectivity index is 0.000000277. The molecule has 138 valence electrons. The summed E-state index contributed by atoms with van der Waals surface area (Å²) in [6.07, 6.45) is -3.00. The topological polar surface area (TPSA) is 78.4 Å². The van der Waals surface area contributed by atoms with Crippen LogP contribution in [-0.2, 0) is 16.1 Å². The van der Waals surface area contributed by atoms with E-state index in [0.29, 0.717) is 17.5 Å². The van der Waals surface area contributed by atoms with Crippen LogP contribution in [0, 0.1) is 11.7 Å². The lowest BCUT2D eigenvalue weighted by atomic mass is 10.1. The number of halogens is 5. The van der Waals surface area contributed by atoms with Crippen LogP contribution in [0.3, 0.4) is 0 Å². The van der Waals surface area contributed by atoms with Crippen molar-refractivity contribution in [2.45, 2.75) is 37.6 Å². The molecule has 0 aromatic heterocycles. The molecular formula is C15H15ClF4N2O3. The van der Waals surface area contributed by atoms with E-state index in [1.54, 1.807) is 12.1 Å². The van der Waals surface area contributed by atoms with Gasteiger partial charge in [0.25, 0.3) is 0 Å². The molecule has 0 unspecified atom stereocenters. The van der Waals surface area contributed by atoms with Crippen molar-refractivity contribution >= 4 is 23.5 Å². The smallest absolute Gasteiger partial charge is 0.475 e. The molecule has 1 heterocycles. The van der Waals surface area contributed by atoms with Gasteiger partial charge in [-0.25, -0.2) is 9.18 Å². The quantitative estimate of drug-likeness (QED) is 0.702. The molecular weight excluding hydrogens is 368 g/mol. The number of carboxylic acids is 1. The Morgan fingerprint density at radius 3 is 2.48 bits per heavy atom. The summed E-state index contributed by atoms with van der Waals surface area (Å²) in [5, 5.41) is 13.2. The largest absolute Gasteiger partial charge is 0.490 e. The molecule has 1 aliphatic heterocycles. The summed E-state index contributed by atoms with van der Waals surface area (Å²) < 4.78 is 45.3. The summed E-state index contributed by atoms with van der Waals surface area (Å²) in [5.74, 6) is -2.60. The highest BCUT2D eigenvalue weighted by atomic mass is 35.5. The van der Waals surface area contributed by atoms with Gasteiger partial charge < -0.3 is 15.7 Å². The summed E-state index contributed by atoms with van der Waals surface area (Å²) in [5.41, 5.74) is 0.416. The molecule has 1 aromatic rings. The number of carbonyl (C=O) groups is 2. The van der Waals surface area contributed by atoms with Crippen LogP contribution in [0.25, 0.3) is 0 Å². The van der Waals surface area contributed by atoms with Gasteiger partial charge in [0.1, 0.15) is 5.82 Å². The van der Waals surface area contributed by atoms with Gasteiger partial charge in [-0.3, -0.25) is 4.79 Å². The Bertz CT molecular complexity index is 659. The molecule has 1 aromatic carbocycles. The molecule has 2 aliphatic rings. The number of nitrogens with one attached hydrogen (secondary N) is 2. The Morgan fingerprint density at radius 1 is 1.32 bits per heavy atom. The molecule has 0 spiro atoms. The Hall–Kier alpha value is -1.87. The number of hydrogen-bond acceptors (Lipinski definition) is 3. The van der Waals surface area contributed by atoms with Gasteiger partial charge in [0.15, 0.2) is 0 Å². The van der Waals surface area contributed by atoms with E-state index in [4.69, 9.17) is 21.5 Å². The molecule has 3 N–H and O–H groups in total. The summed E-state index contributed by atoms with van der Waals surface area (Å²) in [7, 11) is 0. The fourth-order valence-corrected chi connectivity index (χ4v) is 2.71. The van der Waals surface area contributed by atoms with Gasteiger partial charge in [-0.1, -0.05) is 23.7 Å². The Morgan fingerprint density at radius 2 is 1.96 bits per heavy atom. The SMILES string of the molecule is O=C(NCc1cccc(Cl)c1F)[C@@H]1C[C@H]2C[C@H]2N1.O=C(O)C(F)(F)F. The molecule has 1 saturated carbocycles. The number of hydrogen-bond donors (Lipinski definition) is 3. The molecule has 10 heteroatoms. The van der Waals surface area contributed by atoms with Gasteiger partial charge >= 0.3 is 12.1 Å². The first-order chi connectivity index (χ1) is 11.6. The first kappa shape index (κ1) is 19.5. The molecule has 3 atom stereocenters. The maximum absolute atomic E-state index is 13.6. The van der Waals surface area contributed by atoms with Crippen molar-refractivity contribution in [3.63, 3.8) is 0 Å². The minimum Gasteiger partial charge on any atom is -0.475 e. The van der Waals surface area contributed by atoms with Crippen molar-refractivity contribution in [2.75, 3.05) is 0 Å². The standard InChI is InChI=1S/C13H14ClFN2O.C2HF3O2/c14-9-3-1-2-7(12(9)15)6-16-13(18)11-5-8-4-10(8)17-11;3-2(4,5)1(6)7/h1-3,8,10-11,17H,4-6H2,(H,16,18);(H,6,7)/t8-,10-,11+;/m1./s1. The first-order valence-corrected chi connectivity index (χ1v) is 7.74. The number of alkyl halides is 3. The van der Waals surface area contributed by atoms with Gasteiger partial charge in [0.2, 0.25) is 5.91 Å². The number of carbonyl (C=O) groups excluding carboxylic acids is 1. The summed E-state index contributed by atoms with van der Waals surface area (Å²) in [4.78, 5) is 20.7. The molecule has 0 radical (unpaired) electrons. The van der Waals surface area contributed by atoms with Crippen molar-refractivity contribution in [1.29, 1.82) is 0 Å². The summed E-state index contributed by atoms with van der Waals surface area (Å²) >= 11 is 5.68. The fourth-order valence-electron chi connectivity index (χ4n) is 2.51. The van der Waals surface area contributed by atoms with E-state index in [9.17, 15) is 22.4 Å². The second-order valence-electron chi connectivity index (χ2n) is 5.79. The monoisotopic (exact) mass is 382 g/mol. The van der Waals surface area contributed by atoms with E-state index in [1.165, 1.54) is 12.5 Å². The highest BCUT2D eigenvalue weighted by Crippen LogP contribution is 2.40. The zero-order valence-electron chi connectivity index (χ0n) is 12.7. The van der Waals surface area contributed by atoms with Gasteiger partial charge in [-0.15, -0.1) is 0 Å². The van der Waals surface area contributed by atoms with E-state index >= 15 is 0 Å². The van der Waals surface area contributed by atoms with Crippen LogP contribution in [0.4, 0.5) is 17.6 Å². The van der Waals surface area contributed by atoms with Gasteiger partial charge in [0, 0.05) is 18.2 Å². The zero-order valence-corrected chi connectivity index (χ0v) is 13.5. The van der Waals surface area contributed by atoms with Crippen LogP contribution >= 0.6 is 11.6 Å². The van der Waals surface area contributed by atoms with E-state index in [1.807, 2.05) is 0 Å². The molecule has 2 fully saturated rings. The van der Waals surface area contributed by atoms with Crippen LogP contribution in [-0.4, -0.2) is 35.2 Å². The van der Waals surface area contributed by atoms with Gasteiger partial charge in [0.05, 0.1) is 11.1 Å². The van der Waals surface area contributed by atoms with E-state index in [0.717, 1.165) is 6.42 Å². The fraction of sp³-hybridized carbons (Fsp3) is 0.467. The summed E-state index contributed by atoms with van der Waals surface area (Å²) in [6, 6.07) is 5.21. The van der Waals surface area contributed by atoms with Gasteiger partial charge in [-0.05, 0) is 24.8 Å². The summed E-state index contributed by atoms with van der Waals surface area (Å²) in [6.45, 7) is 0.179. The highest BCUT2D eigenvalue weighted by molar-refractivity contribution is 6.30. The second-order valence-corrected chi connectivity index (χ2v) is 6.20. The molecule has 5 nitrogen and oxygen atoms in total. The lowest BCUT2D eigenvalue weighted by Crippen LogP contribution is -2.41. The number of carboxylic acid groups (broad SMARTS) is 1. The molecule has 1 saturated heterocycles. The van der Waals surface area contributed by atoms with E-state index < -0.39 is 18.0 Å². The van der Waals surface area contributed by atoms with Crippen LogP contribution < -0.4 is 10.6 Å².